The normalized spacial score (nSPS) is 24.9. The van der Waals surface area contributed by atoms with Gasteiger partial charge in [0.2, 0.25) is 0 Å². The number of carboxylic acid groups (broad SMARTS) is 1. The largest absolute Gasteiger partial charge is 0.481 e. The van der Waals surface area contributed by atoms with E-state index in [0.29, 0.717) is 25.3 Å². The third-order valence-corrected chi connectivity index (χ3v) is 4.75. The van der Waals surface area contributed by atoms with E-state index in [-0.39, 0.29) is 5.91 Å². The Kier molecular flexibility index (Phi) is 3.56. The van der Waals surface area contributed by atoms with Crippen LogP contribution in [0.1, 0.15) is 6.42 Å². The Bertz CT molecular complexity index is 548. The van der Waals surface area contributed by atoms with Crippen molar-refractivity contribution < 1.29 is 19.4 Å². The molecule has 0 bridgehead atoms. The van der Waals surface area contributed by atoms with Gasteiger partial charge in [0, 0.05) is 23.7 Å². The fraction of sp³-hybridized carbons (Fsp3) is 0.429. The number of carbonyl (C=O) groups is 2. The molecule has 3 rings (SSSR count). The van der Waals surface area contributed by atoms with Gasteiger partial charge in [-0.15, -0.1) is 11.8 Å². The Balaban J connectivity index is 1.66. The summed E-state index contributed by atoms with van der Waals surface area (Å²) in [5.74, 6) is -0.0664. The topological polar surface area (TPSA) is 66.8 Å². The first kappa shape index (κ1) is 13.3. The second-order valence-corrected chi connectivity index (χ2v) is 6.03. The highest BCUT2D eigenvalue weighted by molar-refractivity contribution is 7.99. The molecule has 5 nitrogen and oxygen atoms in total. The first-order valence-corrected chi connectivity index (χ1v) is 7.54. The number of hydrogen-bond donors (Lipinski definition) is 1. The van der Waals surface area contributed by atoms with E-state index >= 15 is 0 Å². The van der Waals surface area contributed by atoms with E-state index in [0.717, 1.165) is 10.6 Å². The van der Waals surface area contributed by atoms with Crippen molar-refractivity contribution in [3.63, 3.8) is 0 Å². The lowest BCUT2D eigenvalue weighted by molar-refractivity contribution is -0.142. The first-order chi connectivity index (χ1) is 9.65. The fourth-order valence-electron chi connectivity index (χ4n) is 2.51. The number of aliphatic carboxylic acids is 1. The summed E-state index contributed by atoms with van der Waals surface area (Å²) in [6.45, 7) is 0.794. The number of rotatable bonds is 2. The molecule has 1 N–H and O–H groups in total. The number of thioether (sulfide) groups is 1. The van der Waals surface area contributed by atoms with Gasteiger partial charge in [-0.25, -0.2) is 0 Å². The van der Waals surface area contributed by atoms with Crippen LogP contribution in [0.5, 0.6) is 5.75 Å². The van der Waals surface area contributed by atoms with E-state index in [1.54, 1.807) is 16.7 Å². The molecule has 2 heterocycles. The maximum atomic E-state index is 12.4. The van der Waals surface area contributed by atoms with E-state index in [1.165, 1.54) is 0 Å². The highest BCUT2D eigenvalue weighted by Gasteiger charge is 2.36. The number of carboxylic acids is 1. The molecular formula is C14H15NO4S. The summed E-state index contributed by atoms with van der Waals surface area (Å²) < 4.78 is 5.74. The van der Waals surface area contributed by atoms with Crippen LogP contribution < -0.4 is 4.74 Å². The molecule has 0 aliphatic carbocycles. The number of nitrogens with zero attached hydrogens (tertiary/aromatic N) is 1. The van der Waals surface area contributed by atoms with Crippen LogP contribution in [0.2, 0.25) is 0 Å². The van der Waals surface area contributed by atoms with Gasteiger partial charge in [0.05, 0.1) is 5.92 Å². The van der Waals surface area contributed by atoms with E-state index in [9.17, 15) is 9.59 Å². The quantitative estimate of drug-likeness (QED) is 0.894. The molecule has 6 heteroatoms. The Morgan fingerprint density at radius 2 is 2.15 bits per heavy atom. The molecule has 1 fully saturated rings. The predicted octanol–water partition coefficient (Wildman–Crippen LogP) is 1.47. The zero-order chi connectivity index (χ0) is 14.1. The minimum atomic E-state index is -0.829. The highest BCUT2D eigenvalue weighted by atomic mass is 32.2. The monoisotopic (exact) mass is 293 g/mol. The van der Waals surface area contributed by atoms with Crippen molar-refractivity contribution in [3.05, 3.63) is 24.3 Å². The van der Waals surface area contributed by atoms with Gasteiger partial charge in [0.1, 0.15) is 5.75 Å². The van der Waals surface area contributed by atoms with E-state index < -0.39 is 18.0 Å². The van der Waals surface area contributed by atoms with Gasteiger partial charge >= 0.3 is 5.97 Å². The van der Waals surface area contributed by atoms with Gasteiger partial charge < -0.3 is 14.7 Å². The van der Waals surface area contributed by atoms with Gasteiger partial charge in [-0.2, -0.15) is 0 Å². The number of ether oxygens (including phenoxy) is 1. The number of para-hydroxylation sites is 1. The average Bonchev–Trinajstić information content (AvgIpc) is 2.96. The third-order valence-electron chi connectivity index (χ3n) is 3.63. The average molecular weight is 293 g/mol. The smallest absolute Gasteiger partial charge is 0.308 e. The number of likely N-dealkylation sites (tertiary alicyclic amines) is 1. The minimum Gasteiger partial charge on any atom is -0.481 e. The van der Waals surface area contributed by atoms with Crippen LogP contribution in [0, 0.1) is 5.92 Å². The van der Waals surface area contributed by atoms with Crippen molar-refractivity contribution in [2.24, 2.45) is 5.92 Å². The summed E-state index contributed by atoms with van der Waals surface area (Å²) in [6.07, 6.45) is 0.0137. The second-order valence-electron chi connectivity index (χ2n) is 4.97. The second kappa shape index (κ2) is 5.36. The van der Waals surface area contributed by atoms with Crippen molar-refractivity contribution in [2.45, 2.75) is 17.4 Å². The van der Waals surface area contributed by atoms with Crippen LogP contribution in [0.25, 0.3) is 0 Å². The molecule has 2 atom stereocenters. The number of benzene rings is 1. The van der Waals surface area contributed by atoms with E-state index in [2.05, 4.69) is 0 Å². The van der Waals surface area contributed by atoms with Crippen LogP contribution in [0.3, 0.4) is 0 Å². The summed E-state index contributed by atoms with van der Waals surface area (Å²) in [4.78, 5) is 26.0. The zero-order valence-corrected chi connectivity index (χ0v) is 11.6. The third kappa shape index (κ3) is 2.47. The van der Waals surface area contributed by atoms with Crippen LogP contribution in [-0.2, 0) is 9.59 Å². The summed E-state index contributed by atoms with van der Waals surface area (Å²) in [6, 6.07) is 7.64. The minimum absolute atomic E-state index is 0.101. The predicted molar refractivity (Wildman–Crippen MR) is 73.9 cm³/mol. The Morgan fingerprint density at radius 3 is 2.90 bits per heavy atom. The van der Waals surface area contributed by atoms with E-state index in [1.807, 2.05) is 24.3 Å². The lowest BCUT2D eigenvalue weighted by Crippen LogP contribution is -2.43. The van der Waals surface area contributed by atoms with Gasteiger partial charge in [0.25, 0.3) is 5.91 Å². The van der Waals surface area contributed by atoms with E-state index in [4.69, 9.17) is 9.84 Å². The molecule has 1 aromatic carbocycles. The van der Waals surface area contributed by atoms with Crippen LogP contribution in [-0.4, -0.2) is 46.8 Å². The molecule has 1 aromatic rings. The molecule has 0 radical (unpaired) electrons. The van der Waals surface area contributed by atoms with Crippen molar-refractivity contribution in [3.8, 4) is 5.75 Å². The molecule has 1 saturated heterocycles. The van der Waals surface area contributed by atoms with Crippen molar-refractivity contribution in [1.82, 2.24) is 4.90 Å². The van der Waals surface area contributed by atoms with Gasteiger partial charge in [0.15, 0.2) is 6.10 Å². The van der Waals surface area contributed by atoms with Crippen molar-refractivity contribution in [1.29, 1.82) is 0 Å². The number of hydrogen-bond acceptors (Lipinski definition) is 4. The highest BCUT2D eigenvalue weighted by Crippen LogP contribution is 2.35. The summed E-state index contributed by atoms with van der Waals surface area (Å²) in [5, 5.41) is 8.98. The molecule has 0 spiro atoms. The molecule has 2 aliphatic rings. The van der Waals surface area contributed by atoms with Gasteiger partial charge in [-0.1, -0.05) is 12.1 Å². The molecule has 0 saturated carbocycles. The van der Waals surface area contributed by atoms with Gasteiger partial charge in [-0.3, -0.25) is 9.59 Å². The van der Waals surface area contributed by atoms with Crippen LogP contribution >= 0.6 is 11.8 Å². The van der Waals surface area contributed by atoms with Crippen molar-refractivity contribution >= 4 is 23.6 Å². The number of fused-ring (bicyclic) bond motifs is 1. The fourth-order valence-corrected chi connectivity index (χ4v) is 3.48. The zero-order valence-electron chi connectivity index (χ0n) is 10.8. The first-order valence-electron chi connectivity index (χ1n) is 6.55. The molecule has 106 valence electrons. The standard InChI is InChI=1S/C14H15NO4S/c16-13(15-6-5-9(7-15)14(17)18)11-8-20-12-4-2-1-3-10(12)19-11/h1-4,9,11H,5-8H2,(H,17,18). The maximum Gasteiger partial charge on any atom is 0.308 e. The molecule has 2 unspecified atom stereocenters. The Hall–Kier alpha value is -1.69. The lowest BCUT2D eigenvalue weighted by atomic mass is 10.1. The Morgan fingerprint density at radius 1 is 1.35 bits per heavy atom. The maximum absolute atomic E-state index is 12.4. The number of carbonyl (C=O) groups excluding carboxylic acids is 1. The SMILES string of the molecule is O=C(O)C1CCN(C(=O)C2CSc3ccccc3O2)C1. The van der Waals surface area contributed by atoms with Gasteiger partial charge in [-0.05, 0) is 18.6 Å². The summed E-state index contributed by atoms with van der Waals surface area (Å²) in [7, 11) is 0. The molecule has 20 heavy (non-hydrogen) atoms. The van der Waals surface area contributed by atoms with Crippen molar-refractivity contribution in [2.75, 3.05) is 18.8 Å². The molecule has 0 aromatic heterocycles. The number of amides is 1. The summed E-state index contributed by atoms with van der Waals surface area (Å²) >= 11 is 1.60. The summed E-state index contributed by atoms with van der Waals surface area (Å²) in [5.41, 5.74) is 0. The molecule has 1 amide bonds. The lowest BCUT2D eigenvalue weighted by Gasteiger charge is -2.28. The van der Waals surface area contributed by atoms with Crippen LogP contribution in [0.4, 0.5) is 0 Å². The Labute approximate surface area is 120 Å². The van der Waals surface area contributed by atoms with Crippen LogP contribution in [0.15, 0.2) is 29.2 Å². The molecular weight excluding hydrogens is 278 g/mol. The molecule has 2 aliphatic heterocycles.